The fourth-order valence-corrected chi connectivity index (χ4v) is 3.81. The molecule has 20 heavy (non-hydrogen) atoms. The lowest BCUT2D eigenvalue weighted by molar-refractivity contribution is -0.153. The van der Waals surface area contributed by atoms with Gasteiger partial charge in [0.05, 0.1) is 12.7 Å². The Morgan fingerprint density at radius 2 is 2.00 bits per heavy atom. The van der Waals surface area contributed by atoms with Crippen LogP contribution in [0.2, 0.25) is 0 Å². The van der Waals surface area contributed by atoms with Crippen LogP contribution in [-0.2, 0) is 0 Å². The zero-order chi connectivity index (χ0) is 14.3. The molecule has 0 aliphatic carbocycles. The first-order valence-electron chi connectivity index (χ1n) is 6.39. The maximum absolute atomic E-state index is 12.6. The van der Waals surface area contributed by atoms with Gasteiger partial charge in [0.1, 0.15) is 10.9 Å². The van der Waals surface area contributed by atoms with Crippen LogP contribution < -0.4 is 4.90 Å². The lowest BCUT2D eigenvalue weighted by atomic mass is 10.2. The molecule has 0 N–H and O–H groups in total. The van der Waals surface area contributed by atoms with E-state index in [0.717, 1.165) is 18.0 Å². The summed E-state index contributed by atoms with van der Waals surface area (Å²) in [6, 6.07) is 1.90. The van der Waals surface area contributed by atoms with Crippen molar-refractivity contribution in [1.29, 1.82) is 5.26 Å². The first-order chi connectivity index (χ1) is 9.46. The number of halogens is 3. The molecule has 2 saturated heterocycles. The van der Waals surface area contributed by atoms with E-state index in [9.17, 15) is 13.2 Å². The number of hydrogen-bond donors (Lipinski definition) is 0. The molecule has 0 spiro atoms. The van der Waals surface area contributed by atoms with Crippen molar-refractivity contribution in [3.05, 3.63) is 11.1 Å². The molecule has 0 radical (unpaired) electrons. The van der Waals surface area contributed by atoms with Crippen molar-refractivity contribution in [1.82, 2.24) is 9.88 Å². The first kappa shape index (κ1) is 13.6. The predicted octanol–water partition coefficient (Wildman–Crippen LogP) is 2.23. The summed E-state index contributed by atoms with van der Waals surface area (Å²) in [5.74, 6) is 0. The fraction of sp³-hybridized carbons (Fsp3) is 0.667. The third-order valence-corrected chi connectivity index (χ3v) is 4.83. The van der Waals surface area contributed by atoms with Gasteiger partial charge in [-0.3, -0.25) is 4.90 Å². The topological polar surface area (TPSA) is 43.2 Å². The van der Waals surface area contributed by atoms with Crippen molar-refractivity contribution in [3.8, 4) is 6.07 Å². The molecule has 2 unspecified atom stereocenters. The average molecular weight is 302 g/mol. The minimum absolute atomic E-state index is 0.0650. The van der Waals surface area contributed by atoms with Gasteiger partial charge in [-0.15, -0.1) is 0 Å². The fourth-order valence-electron chi connectivity index (χ4n) is 3.07. The van der Waals surface area contributed by atoms with Gasteiger partial charge in [0, 0.05) is 25.2 Å². The van der Waals surface area contributed by atoms with E-state index >= 15 is 0 Å². The number of hydrogen-bond acceptors (Lipinski definition) is 5. The Labute approximate surface area is 118 Å². The number of fused-ring (bicyclic) bond motifs is 2. The van der Waals surface area contributed by atoms with Crippen molar-refractivity contribution in [3.63, 3.8) is 0 Å². The van der Waals surface area contributed by atoms with E-state index in [-0.39, 0.29) is 12.1 Å². The van der Waals surface area contributed by atoms with Crippen LogP contribution in [0.15, 0.2) is 6.20 Å². The van der Waals surface area contributed by atoms with Crippen LogP contribution in [0.4, 0.5) is 18.3 Å². The van der Waals surface area contributed by atoms with Gasteiger partial charge < -0.3 is 4.90 Å². The number of thiazole rings is 1. The van der Waals surface area contributed by atoms with E-state index in [1.54, 1.807) is 4.90 Å². The molecule has 3 heterocycles. The Kier molecular flexibility index (Phi) is 3.34. The maximum Gasteiger partial charge on any atom is 0.401 e. The molecule has 2 aliphatic rings. The van der Waals surface area contributed by atoms with E-state index < -0.39 is 12.7 Å². The number of nitriles is 1. The molecule has 2 fully saturated rings. The molecule has 1 aromatic rings. The maximum atomic E-state index is 12.6. The summed E-state index contributed by atoms with van der Waals surface area (Å²) in [7, 11) is 0. The van der Waals surface area contributed by atoms with Gasteiger partial charge in [-0.2, -0.15) is 18.4 Å². The van der Waals surface area contributed by atoms with Gasteiger partial charge in [-0.25, -0.2) is 4.98 Å². The van der Waals surface area contributed by atoms with Crippen LogP contribution in [0, 0.1) is 11.3 Å². The quantitative estimate of drug-likeness (QED) is 0.840. The van der Waals surface area contributed by atoms with E-state index in [0.29, 0.717) is 18.0 Å². The third-order valence-electron chi connectivity index (χ3n) is 3.87. The molecule has 2 atom stereocenters. The highest BCUT2D eigenvalue weighted by molar-refractivity contribution is 7.16. The summed E-state index contributed by atoms with van der Waals surface area (Å²) < 4.78 is 37.7. The Hall–Kier alpha value is -1.33. The predicted molar refractivity (Wildman–Crippen MR) is 68.6 cm³/mol. The van der Waals surface area contributed by atoms with E-state index in [4.69, 9.17) is 5.26 Å². The molecule has 0 saturated carbocycles. The van der Waals surface area contributed by atoms with Crippen LogP contribution in [0.25, 0.3) is 0 Å². The second-order valence-electron chi connectivity index (χ2n) is 5.20. The minimum atomic E-state index is -4.14. The molecule has 0 aromatic carbocycles. The minimum Gasteiger partial charge on any atom is -0.345 e. The molecule has 2 aliphatic heterocycles. The summed E-state index contributed by atoms with van der Waals surface area (Å²) in [6.07, 6.45) is -1.02. The second-order valence-corrected chi connectivity index (χ2v) is 6.21. The molecular formula is C12H13F3N4S. The van der Waals surface area contributed by atoms with Gasteiger partial charge in [-0.1, -0.05) is 11.3 Å². The molecule has 2 bridgehead atoms. The van der Waals surface area contributed by atoms with Crippen LogP contribution in [0.3, 0.4) is 0 Å². The average Bonchev–Trinajstić information content (AvgIpc) is 2.91. The number of alkyl halides is 3. The number of piperazine rings is 1. The smallest absolute Gasteiger partial charge is 0.345 e. The highest BCUT2D eigenvalue weighted by Crippen LogP contribution is 2.35. The molecule has 8 heteroatoms. The molecule has 1 aromatic heterocycles. The van der Waals surface area contributed by atoms with Crippen molar-refractivity contribution in [2.24, 2.45) is 0 Å². The molecular weight excluding hydrogens is 289 g/mol. The molecule has 3 rings (SSSR count). The van der Waals surface area contributed by atoms with Crippen LogP contribution in [0.1, 0.15) is 17.7 Å². The summed E-state index contributed by atoms with van der Waals surface area (Å²) in [6.45, 7) is 0.299. The SMILES string of the molecule is N#Cc1cnc(N2CC3CCC(C2)N3CC(F)(F)F)s1. The van der Waals surface area contributed by atoms with Crippen LogP contribution >= 0.6 is 11.3 Å². The first-order valence-corrected chi connectivity index (χ1v) is 7.21. The Morgan fingerprint density at radius 3 is 2.50 bits per heavy atom. The van der Waals surface area contributed by atoms with Gasteiger partial charge in [0.2, 0.25) is 0 Å². The summed E-state index contributed by atoms with van der Waals surface area (Å²) in [4.78, 5) is 8.31. The van der Waals surface area contributed by atoms with Crippen molar-refractivity contribution < 1.29 is 13.2 Å². The van der Waals surface area contributed by atoms with Crippen LogP contribution in [-0.4, -0.2) is 47.8 Å². The summed E-state index contributed by atoms with van der Waals surface area (Å²) >= 11 is 1.30. The van der Waals surface area contributed by atoms with E-state index in [1.165, 1.54) is 17.5 Å². The highest BCUT2D eigenvalue weighted by Gasteiger charge is 2.45. The number of aromatic nitrogens is 1. The lowest BCUT2D eigenvalue weighted by Crippen LogP contribution is -2.56. The monoisotopic (exact) mass is 302 g/mol. The van der Waals surface area contributed by atoms with Crippen molar-refractivity contribution >= 4 is 16.5 Å². The highest BCUT2D eigenvalue weighted by atomic mass is 32.1. The molecule has 108 valence electrons. The normalized spacial score (nSPS) is 26.8. The van der Waals surface area contributed by atoms with Gasteiger partial charge >= 0.3 is 6.18 Å². The standard InChI is InChI=1S/C12H13F3N4S/c13-12(14,15)7-19-8-1-2-9(19)6-18(5-8)11-17-4-10(3-16)20-11/h4,8-9H,1-2,5-7H2. The molecule has 4 nitrogen and oxygen atoms in total. The van der Waals surface area contributed by atoms with Gasteiger partial charge in [-0.05, 0) is 12.8 Å². The van der Waals surface area contributed by atoms with E-state index in [2.05, 4.69) is 4.98 Å². The van der Waals surface area contributed by atoms with E-state index in [1.807, 2.05) is 11.0 Å². The summed E-state index contributed by atoms with van der Waals surface area (Å²) in [5.41, 5.74) is 0. The zero-order valence-electron chi connectivity index (χ0n) is 10.6. The molecule has 0 amide bonds. The van der Waals surface area contributed by atoms with Gasteiger partial charge in [0.15, 0.2) is 5.13 Å². The lowest BCUT2D eigenvalue weighted by Gasteiger charge is -2.41. The Morgan fingerprint density at radius 1 is 1.35 bits per heavy atom. The van der Waals surface area contributed by atoms with Crippen molar-refractivity contribution in [2.45, 2.75) is 31.1 Å². The van der Waals surface area contributed by atoms with Gasteiger partial charge in [0.25, 0.3) is 0 Å². The number of rotatable bonds is 2. The van der Waals surface area contributed by atoms with Crippen molar-refractivity contribution in [2.75, 3.05) is 24.5 Å². The largest absolute Gasteiger partial charge is 0.401 e. The third kappa shape index (κ3) is 2.60. The van der Waals surface area contributed by atoms with Crippen LogP contribution in [0.5, 0.6) is 0 Å². The number of anilines is 1. The number of nitrogens with zero attached hydrogens (tertiary/aromatic N) is 4. The summed E-state index contributed by atoms with van der Waals surface area (Å²) in [5, 5.41) is 9.54. The Bertz CT molecular complexity index is 522. The Balaban J connectivity index is 1.72. The zero-order valence-corrected chi connectivity index (χ0v) is 11.4. The second kappa shape index (κ2) is 4.90.